The van der Waals surface area contributed by atoms with Gasteiger partial charge in [-0.1, -0.05) is 56.5 Å². The van der Waals surface area contributed by atoms with Gasteiger partial charge in [-0.3, -0.25) is 9.59 Å². The van der Waals surface area contributed by atoms with Gasteiger partial charge < -0.3 is 10.4 Å². The molecule has 1 saturated carbocycles. The first kappa shape index (κ1) is 17.5. The quantitative estimate of drug-likeness (QED) is 0.808. The first-order valence-electron chi connectivity index (χ1n) is 8.69. The molecule has 3 atom stereocenters. The molecule has 1 amide bonds. The lowest BCUT2D eigenvalue weighted by atomic mass is 9.78. The fourth-order valence-corrected chi connectivity index (χ4v) is 3.56. The highest BCUT2D eigenvalue weighted by atomic mass is 16.4. The molecular formula is C19H27NO3. The van der Waals surface area contributed by atoms with Gasteiger partial charge in [-0.2, -0.15) is 0 Å². The molecule has 4 heteroatoms. The second-order valence-corrected chi connectivity index (χ2v) is 6.48. The second-order valence-electron chi connectivity index (χ2n) is 6.48. The van der Waals surface area contributed by atoms with Crippen LogP contribution in [0.2, 0.25) is 0 Å². The van der Waals surface area contributed by atoms with Gasteiger partial charge in [0.05, 0.1) is 11.8 Å². The van der Waals surface area contributed by atoms with Crippen LogP contribution >= 0.6 is 0 Å². The minimum atomic E-state index is -0.835. The van der Waals surface area contributed by atoms with Crippen molar-refractivity contribution in [2.45, 2.75) is 51.4 Å². The molecule has 23 heavy (non-hydrogen) atoms. The lowest BCUT2D eigenvalue weighted by molar-refractivity contribution is -0.148. The molecule has 0 heterocycles. The molecule has 0 bridgehead atoms. The Balaban J connectivity index is 1.96. The number of aliphatic carboxylic acids is 1. The predicted octanol–water partition coefficient (Wildman–Crippen LogP) is 3.58. The van der Waals surface area contributed by atoms with Crippen LogP contribution in [0.4, 0.5) is 0 Å². The van der Waals surface area contributed by atoms with E-state index in [1.54, 1.807) is 0 Å². The number of amides is 1. The number of rotatable bonds is 7. The second kappa shape index (κ2) is 8.70. The van der Waals surface area contributed by atoms with E-state index in [9.17, 15) is 14.7 Å². The van der Waals surface area contributed by atoms with E-state index >= 15 is 0 Å². The first-order chi connectivity index (χ1) is 11.1. The first-order valence-corrected chi connectivity index (χ1v) is 8.69. The Morgan fingerprint density at radius 3 is 2.43 bits per heavy atom. The van der Waals surface area contributed by atoms with Gasteiger partial charge in [-0.05, 0) is 24.8 Å². The maximum Gasteiger partial charge on any atom is 0.307 e. The number of carboxylic acid groups (broad SMARTS) is 1. The third-order valence-corrected chi connectivity index (χ3v) is 4.85. The van der Waals surface area contributed by atoms with Crippen molar-refractivity contribution in [1.82, 2.24) is 5.32 Å². The van der Waals surface area contributed by atoms with Crippen molar-refractivity contribution in [1.29, 1.82) is 0 Å². The molecule has 0 saturated heterocycles. The lowest BCUT2D eigenvalue weighted by Crippen LogP contribution is -2.41. The Bertz CT molecular complexity index is 515. The number of carbonyl (C=O) groups is 2. The lowest BCUT2D eigenvalue weighted by Gasteiger charge is -2.28. The normalized spacial score (nSPS) is 22.3. The van der Waals surface area contributed by atoms with Crippen molar-refractivity contribution in [3.63, 3.8) is 0 Å². The molecule has 126 valence electrons. The van der Waals surface area contributed by atoms with Crippen molar-refractivity contribution >= 4 is 11.9 Å². The number of nitrogens with one attached hydrogen (secondary N) is 1. The molecule has 2 N–H and O–H groups in total. The summed E-state index contributed by atoms with van der Waals surface area (Å²) in [4.78, 5) is 23.8. The zero-order valence-corrected chi connectivity index (χ0v) is 13.8. The fraction of sp³-hybridized carbons (Fsp3) is 0.579. The molecule has 0 spiro atoms. The van der Waals surface area contributed by atoms with Crippen LogP contribution in [0.1, 0.15) is 56.9 Å². The standard InChI is InChI=1S/C19H27NO3/c1-2-8-15(14-9-4-3-5-10-14)13-20-18(21)16-11-6-7-12-17(16)19(22)23/h3-5,9-10,15-17H,2,6-8,11-13H2,1H3,(H,20,21)(H,22,23)/t15-,16-,17-/m0/s1. The summed E-state index contributed by atoms with van der Waals surface area (Å²) in [5, 5.41) is 12.3. The van der Waals surface area contributed by atoms with Gasteiger partial charge >= 0.3 is 5.97 Å². The van der Waals surface area contributed by atoms with E-state index in [0.29, 0.717) is 19.4 Å². The highest BCUT2D eigenvalue weighted by molar-refractivity contribution is 5.84. The topological polar surface area (TPSA) is 66.4 Å². The van der Waals surface area contributed by atoms with Crippen molar-refractivity contribution in [2.75, 3.05) is 6.54 Å². The van der Waals surface area contributed by atoms with Crippen LogP contribution in [-0.2, 0) is 9.59 Å². The summed E-state index contributed by atoms with van der Waals surface area (Å²) in [6.07, 6.45) is 5.22. The summed E-state index contributed by atoms with van der Waals surface area (Å²) in [7, 11) is 0. The minimum absolute atomic E-state index is 0.0888. The Morgan fingerprint density at radius 1 is 1.17 bits per heavy atom. The number of benzene rings is 1. The van der Waals surface area contributed by atoms with Crippen molar-refractivity contribution in [2.24, 2.45) is 11.8 Å². The van der Waals surface area contributed by atoms with Gasteiger partial charge in [0, 0.05) is 12.5 Å². The van der Waals surface area contributed by atoms with Gasteiger partial charge in [0.2, 0.25) is 5.91 Å². The van der Waals surface area contributed by atoms with E-state index in [0.717, 1.165) is 25.7 Å². The molecule has 1 aliphatic carbocycles. The third kappa shape index (κ3) is 4.81. The van der Waals surface area contributed by atoms with Crippen LogP contribution in [0, 0.1) is 11.8 Å². The van der Waals surface area contributed by atoms with Gasteiger partial charge in [-0.15, -0.1) is 0 Å². The van der Waals surface area contributed by atoms with Crippen LogP contribution in [0.15, 0.2) is 30.3 Å². The Hall–Kier alpha value is -1.84. The largest absolute Gasteiger partial charge is 0.481 e. The van der Waals surface area contributed by atoms with Gasteiger partial charge in [0.1, 0.15) is 0 Å². The van der Waals surface area contributed by atoms with Crippen LogP contribution in [-0.4, -0.2) is 23.5 Å². The van der Waals surface area contributed by atoms with E-state index < -0.39 is 11.9 Å². The summed E-state index contributed by atoms with van der Waals surface area (Å²) in [6.45, 7) is 2.72. The highest BCUT2D eigenvalue weighted by Gasteiger charge is 2.35. The Morgan fingerprint density at radius 2 is 1.83 bits per heavy atom. The average Bonchev–Trinajstić information content (AvgIpc) is 2.59. The molecule has 0 radical (unpaired) electrons. The molecular weight excluding hydrogens is 290 g/mol. The smallest absolute Gasteiger partial charge is 0.307 e. The SMILES string of the molecule is CCC[C@@H](CNC(=O)[C@H]1CCCC[C@@H]1C(=O)O)c1ccccc1. The van der Waals surface area contributed by atoms with E-state index in [4.69, 9.17) is 0 Å². The average molecular weight is 317 g/mol. The van der Waals surface area contributed by atoms with Crippen LogP contribution < -0.4 is 5.32 Å². The van der Waals surface area contributed by atoms with Gasteiger partial charge in [0.25, 0.3) is 0 Å². The molecule has 0 unspecified atom stereocenters. The van der Waals surface area contributed by atoms with E-state index in [-0.39, 0.29) is 17.7 Å². The number of hydrogen-bond donors (Lipinski definition) is 2. The number of hydrogen-bond acceptors (Lipinski definition) is 2. The fourth-order valence-electron chi connectivity index (χ4n) is 3.56. The summed E-state index contributed by atoms with van der Waals surface area (Å²) in [6, 6.07) is 10.2. The van der Waals surface area contributed by atoms with Crippen molar-refractivity contribution < 1.29 is 14.7 Å². The minimum Gasteiger partial charge on any atom is -0.481 e. The van der Waals surface area contributed by atoms with Crippen LogP contribution in [0.5, 0.6) is 0 Å². The van der Waals surface area contributed by atoms with E-state index in [1.807, 2.05) is 18.2 Å². The monoisotopic (exact) mass is 317 g/mol. The predicted molar refractivity (Wildman–Crippen MR) is 90.2 cm³/mol. The molecule has 1 aromatic carbocycles. The number of carbonyl (C=O) groups excluding carboxylic acids is 1. The molecule has 1 fully saturated rings. The molecule has 0 aromatic heterocycles. The van der Waals surface area contributed by atoms with Crippen LogP contribution in [0.25, 0.3) is 0 Å². The zero-order chi connectivity index (χ0) is 16.7. The van der Waals surface area contributed by atoms with E-state index in [1.165, 1.54) is 5.56 Å². The molecule has 0 aliphatic heterocycles. The maximum absolute atomic E-state index is 12.5. The molecule has 2 rings (SSSR count). The van der Waals surface area contributed by atoms with Gasteiger partial charge in [-0.25, -0.2) is 0 Å². The molecule has 1 aliphatic rings. The summed E-state index contributed by atoms with van der Waals surface area (Å²) in [5.41, 5.74) is 1.23. The Kier molecular flexibility index (Phi) is 6.63. The number of carboxylic acids is 1. The van der Waals surface area contributed by atoms with Crippen molar-refractivity contribution in [3.05, 3.63) is 35.9 Å². The third-order valence-electron chi connectivity index (χ3n) is 4.85. The zero-order valence-electron chi connectivity index (χ0n) is 13.8. The van der Waals surface area contributed by atoms with Crippen molar-refractivity contribution in [3.8, 4) is 0 Å². The summed E-state index contributed by atoms with van der Waals surface area (Å²) >= 11 is 0. The highest BCUT2D eigenvalue weighted by Crippen LogP contribution is 2.30. The molecule has 4 nitrogen and oxygen atoms in total. The molecule has 1 aromatic rings. The summed E-state index contributed by atoms with van der Waals surface area (Å²) < 4.78 is 0. The van der Waals surface area contributed by atoms with E-state index in [2.05, 4.69) is 24.4 Å². The Labute approximate surface area is 138 Å². The maximum atomic E-state index is 12.5. The summed E-state index contributed by atoms with van der Waals surface area (Å²) in [5.74, 6) is -1.53. The van der Waals surface area contributed by atoms with Gasteiger partial charge in [0.15, 0.2) is 0 Å². The van der Waals surface area contributed by atoms with Crippen LogP contribution in [0.3, 0.4) is 0 Å².